The molecule has 1 aromatic heterocycles. The average Bonchev–Trinajstić information content (AvgIpc) is 3.02. The molecule has 20 heavy (non-hydrogen) atoms. The van der Waals surface area contributed by atoms with Crippen LogP contribution in [-0.4, -0.2) is 40.1 Å². The van der Waals surface area contributed by atoms with Crippen LogP contribution in [-0.2, 0) is 13.0 Å². The number of carbonyl (C=O) groups is 1. The molecule has 3 heterocycles. The summed E-state index contributed by atoms with van der Waals surface area (Å²) in [6.07, 6.45) is 7.22. The molecule has 0 bridgehead atoms. The highest BCUT2D eigenvalue weighted by Gasteiger charge is 2.39. The molecule has 0 radical (unpaired) electrons. The monoisotopic (exact) mass is 274 g/mol. The van der Waals surface area contributed by atoms with E-state index in [1.165, 1.54) is 25.7 Å². The number of fused-ring (bicyclic) bond motifs is 1. The SMILES string of the molecule is O=C(c1n[nH]c2c1CNCC2)N1CCCC1C1CCC1. The zero-order valence-corrected chi connectivity index (χ0v) is 11.8. The molecule has 108 valence electrons. The minimum absolute atomic E-state index is 0.153. The largest absolute Gasteiger partial charge is 0.334 e. The summed E-state index contributed by atoms with van der Waals surface area (Å²) < 4.78 is 0. The number of nitrogens with zero attached hydrogens (tertiary/aromatic N) is 2. The summed E-state index contributed by atoms with van der Waals surface area (Å²) in [4.78, 5) is 15.0. The summed E-state index contributed by atoms with van der Waals surface area (Å²) in [6, 6.07) is 0.472. The van der Waals surface area contributed by atoms with Crippen LogP contribution in [0.5, 0.6) is 0 Å². The van der Waals surface area contributed by atoms with E-state index >= 15 is 0 Å². The molecule has 3 aliphatic rings. The average molecular weight is 274 g/mol. The summed E-state index contributed by atoms with van der Waals surface area (Å²) in [5.41, 5.74) is 2.91. The van der Waals surface area contributed by atoms with Gasteiger partial charge in [0.2, 0.25) is 0 Å². The number of aromatic nitrogens is 2. The summed E-state index contributed by atoms with van der Waals surface area (Å²) in [7, 11) is 0. The van der Waals surface area contributed by atoms with Gasteiger partial charge in [-0.1, -0.05) is 6.42 Å². The van der Waals surface area contributed by atoms with Crippen LogP contribution in [0.4, 0.5) is 0 Å². The molecule has 2 aliphatic heterocycles. The fourth-order valence-electron chi connectivity index (χ4n) is 3.90. The van der Waals surface area contributed by atoms with Crippen molar-refractivity contribution in [2.45, 2.75) is 51.1 Å². The second-order valence-corrected chi connectivity index (χ2v) is 6.36. The van der Waals surface area contributed by atoms with Gasteiger partial charge in [0.25, 0.3) is 5.91 Å². The van der Waals surface area contributed by atoms with Crippen molar-refractivity contribution < 1.29 is 4.79 Å². The number of carbonyl (C=O) groups excluding carboxylic acids is 1. The number of amides is 1. The molecule has 0 spiro atoms. The van der Waals surface area contributed by atoms with Crippen molar-refractivity contribution in [2.24, 2.45) is 5.92 Å². The number of rotatable bonds is 2. The predicted octanol–water partition coefficient (Wildman–Crippen LogP) is 1.46. The highest BCUT2D eigenvalue weighted by Crippen LogP contribution is 2.37. The third-order valence-corrected chi connectivity index (χ3v) is 5.26. The van der Waals surface area contributed by atoms with Crippen LogP contribution in [0.3, 0.4) is 0 Å². The van der Waals surface area contributed by atoms with Gasteiger partial charge in [-0.3, -0.25) is 9.89 Å². The predicted molar refractivity (Wildman–Crippen MR) is 75.4 cm³/mol. The first-order valence-corrected chi connectivity index (χ1v) is 7.92. The van der Waals surface area contributed by atoms with Crippen LogP contribution in [0, 0.1) is 5.92 Å². The zero-order chi connectivity index (χ0) is 13.5. The second-order valence-electron chi connectivity index (χ2n) is 6.36. The Balaban J connectivity index is 1.58. The van der Waals surface area contributed by atoms with Crippen molar-refractivity contribution in [1.29, 1.82) is 0 Å². The lowest BCUT2D eigenvalue weighted by Gasteiger charge is -2.36. The highest BCUT2D eigenvalue weighted by molar-refractivity contribution is 5.94. The molecule has 5 nitrogen and oxygen atoms in total. The van der Waals surface area contributed by atoms with E-state index in [0.29, 0.717) is 11.7 Å². The van der Waals surface area contributed by atoms with Gasteiger partial charge in [0.05, 0.1) is 0 Å². The lowest BCUT2D eigenvalue weighted by molar-refractivity contribution is 0.0619. The van der Waals surface area contributed by atoms with Crippen LogP contribution in [0.25, 0.3) is 0 Å². The molecule has 1 atom stereocenters. The molecule has 1 aliphatic carbocycles. The minimum atomic E-state index is 0.153. The van der Waals surface area contributed by atoms with Gasteiger partial charge in [-0.25, -0.2) is 0 Å². The molecule has 1 aromatic rings. The van der Waals surface area contributed by atoms with E-state index in [1.54, 1.807) is 0 Å². The molecule has 1 amide bonds. The number of nitrogens with one attached hydrogen (secondary N) is 2. The molecule has 1 unspecified atom stereocenters. The maximum Gasteiger partial charge on any atom is 0.274 e. The van der Waals surface area contributed by atoms with E-state index in [2.05, 4.69) is 20.4 Å². The van der Waals surface area contributed by atoms with Gasteiger partial charge in [0.1, 0.15) is 0 Å². The minimum Gasteiger partial charge on any atom is -0.334 e. The van der Waals surface area contributed by atoms with Gasteiger partial charge in [-0.05, 0) is 31.6 Å². The van der Waals surface area contributed by atoms with Gasteiger partial charge in [0, 0.05) is 43.4 Å². The van der Waals surface area contributed by atoms with Crippen LogP contribution < -0.4 is 5.32 Å². The van der Waals surface area contributed by atoms with Crippen LogP contribution in [0.2, 0.25) is 0 Å². The summed E-state index contributed by atoms with van der Waals surface area (Å²) >= 11 is 0. The highest BCUT2D eigenvalue weighted by atomic mass is 16.2. The van der Waals surface area contributed by atoms with E-state index in [9.17, 15) is 4.79 Å². The van der Waals surface area contributed by atoms with Crippen LogP contribution in [0.15, 0.2) is 0 Å². The van der Waals surface area contributed by atoms with E-state index in [0.717, 1.165) is 49.7 Å². The van der Waals surface area contributed by atoms with Crippen molar-refractivity contribution in [3.63, 3.8) is 0 Å². The van der Waals surface area contributed by atoms with Crippen molar-refractivity contribution in [2.75, 3.05) is 13.1 Å². The lowest BCUT2D eigenvalue weighted by atomic mass is 9.78. The standard InChI is InChI=1S/C15H22N4O/c20-15(14-11-9-16-7-6-12(11)17-18-14)19-8-2-5-13(19)10-3-1-4-10/h10,13,16H,1-9H2,(H,17,18). The molecule has 4 rings (SSSR count). The lowest BCUT2D eigenvalue weighted by Crippen LogP contribution is -2.43. The van der Waals surface area contributed by atoms with E-state index < -0.39 is 0 Å². The Morgan fingerprint density at radius 3 is 2.95 bits per heavy atom. The first kappa shape index (κ1) is 12.4. The van der Waals surface area contributed by atoms with Crippen LogP contribution in [0.1, 0.15) is 53.8 Å². The van der Waals surface area contributed by atoms with Crippen molar-refractivity contribution in [1.82, 2.24) is 20.4 Å². The normalized spacial score (nSPS) is 26.4. The molecular weight excluding hydrogens is 252 g/mol. The molecule has 1 saturated carbocycles. The molecule has 2 N–H and O–H groups in total. The first-order chi connectivity index (χ1) is 9.84. The topological polar surface area (TPSA) is 61.0 Å². The Hall–Kier alpha value is -1.36. The summed E-state index contributed by atoms with van der Waals surface area (Å²) in [5, 5.41) is 10.7. The van der Waals surface area contributed by atoms with Crippen LogP contribution >= 0.6 is 0 Å². The maximum atomic E-state index is 12.9. The van der Waals surface area contributed by atoms with Gasteiger partial charge in [0.15, 0.2) is 5.69 Å². The number of likely N-dealkylation sites (tertiary alicyclic amines) is 1. The Morgan fingerprint density at radius 2 is 2.15 bits per heavy atom. The molecule has 0 aromatic carbocycles. The summed E-state index contributed by atoms with van der Waals surface area (Å²) in [6.45, 7) is 2.65. The quantitative estimate of drug-likeness (QED) is 0.858. The zero-order valence-electron chi connectivity index (χ0n) is 11.8. The van der Waals surface area contributed by atoms with Gasteiger partial charge < -0.3 is 10.2 Å². The van der Waals surface area contributed by atoms with Gasteiger partial charge >= 0.3 is 0 Å². The smallest absolute Gasteiger partial charge is 0.274 e. The third kappa shape index (κ3) is 1.87. The van der Waals surface area contributed by atoms with Gasteiger partial charge in [-0.15, -0.1) is 0 Å². The Labute approximate surface area is 119 Å². The Morgan fingerprint density at radius 1 is 1.25 bits per heavy atom. The molecule has 5 heteroatoms. The second kappa shape index (κ2) is 4.88. The van der Waals surface area contributed by atoms with Crippen molar-refractivity contribution in [3.05, 3.63) is 17.0 Å². The Bertz CT molecular complexity index is 520. The fourth-order valence-corrected chi connectivity index (χ4v) is 3.90. The maximum absolute atomic E-state index is 12.9. The van der Waals surface area contributed by atoms with Gasteiger partial charge in [-0.2, -0.15) is 5.10 Å². The Kier molecular flexibility index (Phi) is 3.02. The molecular formula is C15H22N4O. The van der Waals surface area contributed by atoms with E-state index in [1.807, 2.05) is 0 Å². The summed E-state index contributed by atoms with van der Waals surface area (Å²) in [5.74, 6) is 0.898. The third-order valence-electron chi connectivity index (χ3n) is 5.26. The molecule has 2 fully saturated rings. The molecule has 1 saturated heterocycles. The fraction of sp³-hybridized carbons (Fsp3) is 0.733. The van der Waals surface area contributed by atoms with Crippen molar-refractivity contribution >= 4 is 5.91 Å². The number of H-pyrrole nitrogens is 1. The van der Waals surface area contributed by atoms with Crippen molar-refractivity contribution in [3.8, 4) is 0 Å². The first-order valence-electron chi connectivity index (χ1n) is 7.92. The number of aromatic amines is 1. The number of hydrogen-bond donors (Lipinski definition) is 2. The number of hydrogen-bond acceptors (Lipinski definition) is 3. The van der Waals surface area contributed by atoms with E-state index in [-0.39, 0.29) is 5.91 Å². The van der Waals surface area contributed by atoms with E-state index in [4.69, 9.17) is 0 Å².